The van der Waals surface area contributed by atoms with Gasteiger partial charge in [-0.3, -0.25) is 4.72 Å². The van der Waals surface area contributed by atoms with Crippen molar-refractivity contribution in [1.29, 1.82) is 0 Å². The number of rotatable bonds is 13. The van der Waals surface area contributed by atoms with E-state index in [2.05, 4.69) is 33.2 Å². The first-order chi connectivity index (χ1) is 19.8. The number of nitrogens with one attached hydrogen (secondary N) is 3. The molecular weight excluding hydrogens is 574 g/mol. The number of aliphatic hydroxyl groups excluding tert-OH is 1. The molecule has 0 radical (unpaired) electrons. The number of aromatic amines is 1. The number of para-hydroxylation sites is 1. The zero-order chi connectivity index (χ0) is 28.8. The number of hydrogen-bond donors (Lipinski definition) is 4. The summed E-state index contributed by atoms with van der Waals surface area (Å²) in [4.78, 5) is 3.42. The Labute approximate surface area is 252 Å². The molecule has 10 heteroatoms. The van der Waals surface area contributed by atoms with Gasteiger partial charge in [0.25, 0.3) is 0 Å². The van der Waals surface area contributed by atoms with Crippen molar-refractivity contribution in [2.75, 3.05) is 24.4 Å². The molecule has 1 atom stereocenters. The van der Waals surface area contributed by atoms with Gasteiger partial charge in [0.2, 0.25) is 10.0 Å². The largest absolute Gasteiger partial charge is 0.492 e. The second kappa shape index (κ2) is 13.9. The van der Waals surface area contributed by atoms with E-state index in [1.54, 1.807) is 32.0 Å². The fourth-order valence-electron chi connectivity index (χ4n) is 4.49. The minimum absolute atomic E-state index is 0. The van der Waals surface area contributed by atoms with Crippen molar-refractivity contribution in [2.24, 2.45) is 0 Å². The normalized spacial score (nSPS) is 12.3. The van der Waals surface area contributed by atoms with Crippen LogP contribution in [0.1, 0.15) is 31.1 Å². The van der Waals surface area contributed by atoms with Gasteiger partial charge in [-0.2, -0.15) is 0 Å². The Morgan fingerprint density at radius 3 is 2.38 bits per heavy atom. The van der Waals surface area contributed by atoms with E-state index in [-0.39, 0.29) is 25.6 Å². The number of benzene rings is 4. The van der Waals surface area contributed by atoms with Gasteiger partial charge in [-0.05, 0) is 55.3 Å². The van der Waals surface area contributed by atoms with Gasteiger partial charge in [-0.1, -0.05) is 54.6 Å². The van der Waals surface area contributed by atoms with Crippen molar-refractivity contribution >= 4 is 49.9 Å². The highest BCUT2D eigenvalue weighted by atomic mass is 35.5. The smallest absolute Gasteiger partial charge is 0.235 e. The van der Waals surface area contributed by atoms with E-state index in [9.17, 15) is 13.5 Å². The topological polar surface area (TPSA) is 113 Å². The Kier molecular flexibility index (Phi) is 10.3. The lowest BCUT2D eigenvalue weighted by atomic mass is 10.1. The van der Waals surface area contributed by atoms with Crippen molar-refractivity contribution in [2.45, 2.75) is 31.8 Å². The van der Waals surface area contributed by atoms with E-state index < -0.39 is 21.4 Å². The molecule has 0 bridgehead atoms. The quantitative estimate of drug-likeness (QED) is 0.119. The summed E-state index contributed by atoms with van der Waals surface area (Å²) in [7, 11) is -3.62. The van der Waals surface area contributed by atoms with Crippen LogP contribution in [0.2, 0.25) is 0 Å². The maximum Gasteiger partial charge on any atom is 0.235 e. The molecule has 0 aliphatic heterocycles. The fraction of sp³-hybridized carbons (Fsp3) is 0.250. The van der Waals surface area contributed by atoms with Crippen LogP contribution in [-0.2, 0) is 16.6 Å². The van der Waals surface area contributed by atoms with E-state index in [1.165, 1.54) is 5.39 Å². The summed E-state index contributed by atoms with van der Waals surface area (Å²) in [6.07, 6.45) is -0.858. The maximum absolute atomic E-state index is 12.6. The number of fused-ring (bicyclic) bond motifs is 3. The molecule has 4 aromatic carbocycles. The van der Waals surface area contributed by atoms with E-state index in [1.807, 2.05) is 54.6 Å². The SMILES string of the molecule is CC(C)S(=O)(=O)Nc1cc(C(O)CNCCOc2ccc3c(c2)[nH]c2ccccc23)ccc1OCc1ccccc1.Cl. The molecule has 1 aromatic heterocycles. The molecule has 0 amide bonds. The lowest BCUT2D eigenvalue weighted by Crippen LogP contribution is -2.26. The van der Waals surface area contributed by atoms with Crippen molar-refractivity contribution < 1.29 is 23.0 Å². The third-order valence-electron chi connectivity index (χ3n) is 6.86. The van der Waals surface area contributed by atoms with Crippen LogP contribution in [0.15, 0.2) is 91.0 Å². The van der Waals surface area contributed by atoms with Crippen LogP contribution in [-0.4, -0.2) is 43.5 Å². The number of aromatic nitrogens is 1. The van der Waals surface area contributed by atoms with E-state index in [4.69, 9.17) is 9.47 Å². The Morgan fingerprint density at radius 1 is 0.857 bits per heavy atom. The van der Waals surface area contributed by atoms with Gasteiger partial charge in [0.15, 0.2) is 0 Å². The summed E-state index contributed by atoms with van der Waals surface area (Å²) in [6, 6.07) is 28.9. The first-order valence-electron chi connectivity index (χ1n) is 13.6. The van der Waals surface area contributed by atoms with Crippen LogP contribution < -0.4 is 19.5 Å². The second-order valence-corrected chi connectivity index (χ2v) is 12.4. The van der Waals surface area contributed by atoms with Gasteiger partial charge in [-0.15, -0.1) is 12.4 Å². The molecule has 1 unspecified atom stereocenters. The predicted octanol–water partition coefficient (Wildman–Crippen LogP) is 6.17. The zero-order valence-electron chi connectivity index (χ0n) is 23.5. The maximum atomic E-state index is 12.6. The van der Waals surface area contributed by atoms with Crippen LogP contribution in [0.5, 0.6) is 11.5 Å². The first kappa shape index (κ1) is 31.2. The van der Waals surface area contributed by atoms with Crippen LogP contribution in [0.25, 0.3) is 21.8 Å². The molecule has 0 spiro atoms. The Morgan fingerprint density at radius 2 is 1.60 bits per heavy atom. The van der Waals surface area contributed by atoms with Crippen LogP contribution >= 0.6 is 12.4 Å². The summed E-state index contributed by atoms with van der Waals surface area (Å²) >= 11 is 0. The Hall–Kier alpha value is -3.76. The molecule has 222 valence electrons. The minimum Gasteiger partial charge on any atom is -0.492 e. The molecule has 0 aliphatic rings. The van der Waals surface area contributed by atoms with Crippen molar-refractivity contribution in [3.8, 4) is 11.5 Å². The van der Waals surface area contributed by atoms with Gasteiger partial charge < -0.3 is 24.9 Å². The van der Waals surface area contributed by atoms with Crippen molar-refractivity contribution in [1.82, 2.24) is 10.3 Å². The molecule has 1 heterocycles. The number of anilines is 1. The number of ether oxygens (including phenoxy) is 2. The molecule has 0 saturated carbocycles. The average Bonchev–Trinajstić information content (AvgIpc) is 3.34. The minimum atomic E-state index is -3.62. The third kappa shape index (κ3) is 7.54. The highest BCUT2D eigenvalue weighted by Crippen LogP contribution is 2.31. The van der Waals surface area contributed by atoms with E-state index in [0.29, 0.717) is 30.2 Å². The van der Waals surface area contributed by atoms with Crippen molar-refractivity contribution in [3.63, 3.8) is 0 Å². The van der Waals surface area contributed by atoms with Crippen LogP contribution in [0.4, 0.5) is 5.69 Å². The van der Waals surface area contributed by atoms with Gasteiger partial charge in [0.1, 0.15) is 24.7 Å². The van der Waals surface area contributed by atoms with E-state index in [0.717, 1.165) is 27.7 Å². The molecule has 5 rings (SSSR count). The summed E-state index contributed by atoms with van der Waals surface area (Å²) in [5.41, 5.74) is 3.93. The van der Waals surface area contributed by atoms with Gasteiger partial charge in [0.05, 0.1) is 22.6 Å². The molecule has 0 aliphatic carbocycles. The molecule has 8 nitrogen and oxygen atoms in total. The lowest BCUT2D eigenvalue weighted by Gasteiger charge is -2.19. The molecule has 0 fully saturated rings. The van der Waals surface area contributed by atoms with Crippen molar-refractivity contribution in [3.05, 3.63) is 102 Å². The van der Waals surface area contributed by atoms with Gasteiger partial charge in [-0.25, -0.2) is 8.42 Å². The lowest BCUT2D eigenvalue weighted by molar-refractivity contribution is 0.172. The zero-order valence-corrected chi connectivity index (χ0v) is 25.2. The average molecular weight is 610 g/mol. The van der Waals surface area contributed by atoms with Crippen LogP contribution in [0, 0.1) is 0 Å². The monoisotopic (exact) mass is 609 g/mol. The van der Waals surface area contributed by atoms with Gasteiger partial charge >= 0.3 is 0 Å². The summed E-state index contributed by atoms with van der Waals surface area (Å²) in [5.74, 6) is 1.15. The number of halogens is 1. The van der Waals surface area contributed by atoms with E-state index >= 15 is 0 Å². The fourth-order valence-corrected chi connectivity index (χ4v) is 5.19. The summed E-state index contributed by atoms with van der Waals surface area (Å²) < 4.78 is 39.7. The number of sulfonamides is 1. The highest BCUT2D eigenvalue weighted by Gasteiger charge is 2.20. The van der Waals surface area contributed by atoms with Gasteiger partial charge in [0, 0.05) is 35.4 Å². The highest BCUT2D eigenvalue weighted by molar-refractivity contribution is 7.93. The third-order valence-corrected chi connectivity index (χ3v) is 8.61. The number of H-pyrrole nitrogens is 1. The predicted molar refractivity (Wildman–Crippen MR) is 171 cm³/mol. The number of aliphatic hydroxyl groups is 1. The summed E-state index contributed by atoms with van der Waals surface area (Å²) in [5, 5.41) is 15.7. The second-order valence-electron chi connectivity index (χ2n) is 10.2. The molecule has 0 saturated heterocycles. The standard InChI is InChI=1S/C32H35N3O5S.ClH/c1-22(2)41(37,38)35-30-18-24(12-15-32(30)40-21-23-8-4-3-5-9-23)31(36)20-33-16-17-39-25-13-14-27-26-10-6-7-11-28(26)34-29(27)19-25;/h3-15,18-19,22,31,33-36H,16-17,20-21H2,1-2H3;1H. The molecule has 42 heavy (non-hydrogen) atoms. The van der Waals surface area contributed by atoms with Crippen LogP contribution in [0.3, 0.4) is 0 Å². The Bertz CT molecular complexity index is 1720. The summed E-state index contributed by atoms with van der Waals surface area (Å²) in [6.45, 7) is 4.71. The Balaban J connectivity index is 0.00000405. The first-order valence-corrected chi connectivity index (χ1v) is 15.2. The molecule has 5 aromatic rings. The number of hydrogen-bond acceptors (Lipinski definition) is 6. The molecular formula is C32H36ClN3O5S. The molecule has 4 N–H and O–H groups in total.